The highest BCUT2D eigenvalue weighted by atomic mass is 32.2. The number of nitrogens with zero attached hydrogens (tertiary/aromatic N) is 2. The molecule has 1 aliphatic rings. The minimum absolute atomic E-state index is 0.192. The number of nitrogens with two attached hydrogens (primary N) is 1. The van der Waals surface area contributed by atoms with Crippen molar-refractivity contribution >= 4 is 11.8 Å². The molecule has 1 aliphatic heterocycles. The largest absolute Gasteiger partial charge is 0.380 e. The molecule has 0 aliphatic carbocycles. The van der Waals surface area contributed by atoms with Crippen LogP contribution in [0.5, 0.6) is 0 Å². The molecular weight excluding hydrogens is 198 g/mol. The zero-order valence-corrected chi connectivity index (χ0v) is 8.61. The Morgan fingerprint density at radius 2 is 2.21 bits per heavy atom. The fourth-order valence-corrected chi connectivity index (χ4v) is 2.32. The molecule has 2 atom stereocenters. The third-order valence-electron chi connectivity index (χ3n) is 2.15. The van der Waals surface area contributed by atoms with Gasteiger partial charge in [-0.2, -0.15) is 0 Å². The molecule has 1 saturated heterocycles. The van der Waals surface area contributed by atoms with Gasteiger partial charge in [-0.25, -0.2) is 9.97 Å². The minimum Gasteiger partial charge on any atom is -0.380 e. The molecule has 2 N–H and O–H groups in total. The molecule has 0 radical (unpaired) electrons. The second-order valence-corrected chi connectivity index (χ2v) is 4.42. The van der Waals surface area contributed by atoms with Crippen molar-refractivity contribution in [3.05, 3.63) is 18.5 Å². The Hall–Kier alpha value is -0.650. The van der Waals surface area contributed by atoms with E-state index in [4.69, 9.17) is 10.5 Å². The maximum Gasteiger partial charge on any atom is 0.187 e. The number of thioether (sulfide) groups is 1. The van der Waals surface area contributed by atoms with Gasteiger partial charge in [0.1, 0.15) is 0 Å². The molecule has 1 aromatic rings. The molecular formula is C9H13N3OS. The van der Waals surface area contributed by atoms with Gasteiger partial charge >= 0.3 is 0 Å². The summed E-state index contributed by atoms with van der Waals surface area (Å²) in [4.78, 5) is 8.30. The van der Waals surface area contributed by atoms with Crippen molar-refractivity contribution in [1.82, 2.24) is 9.97 Å². The molecule has 4 nitrogen and oxygen atoms in total. The van der Waals surface area contributed by atoms with E-state index in [9.17, 15) is 0 Å². The van der Waals surface area contributed by atoms with Crippen LogP contribution in [0.15, 0.2) is 23.6 Å². The highest BCUT2D eigenvalue weighted by molar-refractivity contribution is 7.99. The summed E-state index contributed by atoms with van der Waals surface area (Å²) >= 11 is 1.60. The van der Waals surface area contributed by atoms with Crippen LogP contribution in [0.4, 0.5) is 0 Å². The van der Waals surface area contributed by atoms with Crippen molar-refractivity contribution in [2.45, 2.75) is 22.9 Å². The minimum atomic E-state index is 0.192. The number of hydrogen-bond donors (Lipinski definition) is 1. The Balaban J connectivity index is 1.96. The van der Waals surface area contributed by atoms with E-state index in [-0.39, 0.29) is 11.3 Å². The SMILES string of the molecule is NC1CCOCC1Sc1ncccn1. The fraction of sp³-hybridized carbons (Fsp3) is 0.556. The molecule has 0 saturated carbocycles. The lowest BCUT2D eigenvalue weighted by Gasteiger charge is -2.27. The molecule has 0 spiro atoms. The van der Waals surface area contributed by atoms with E-state index in [2.05, 4.69) is 9.97 Å². The van der Waals surface area contributed by atoms with Crippen LogP contribution >= 0.6 is 11.8 Å². The van der Waals surface area contributed by atoms with Crippen molar-refractivity contribution in [2.24, 2.45) is 5.73 Å². The Morgan fingerprint density at radius 1 is 1.43 bits per heavy atom. The van der Waals surface area contributed by atoms with Crippen LogP contribution in [0.2, 0.25) is 0 Å². The zero-order chi connectivity index (χ0) is 9.80. The molecule has 2 heterocycles. The molecule has 1 aromatic heterocycles. The van der Waals surface area contributed by atoms with Crippen LogP contribution in [0.25, 0.3) is 0 Å². The van der Waals surface area contributed by atoms with E-state index in [0.29, 0.717) is 6.61 Å². The summed E-state index contributed by atoms with van der Waals surface area (Å²) in [6, 6.07) is 2.00. The maximum absolute atomic E-state index is 5.97. The number of aromatic nitrogens is 2. The summed E-state index contributed by atoms with van der Waals surface area (Å²) in [6.07, 6.45) is 4.40. The summed E-state index contributed by atoms with van der Waals surface area (Å²) in [6.45, 7) is 1.47. The zero-order valence-electron chi connectivity index (χ0n) is 7.80. The lowest BCUT2D eigenvalue weighted by Crippen LogP contribution is -2.40. The number of hydrogen-bond acceptors (Lipinski definition) is 5. The predicted octanol–water partition coefficient (Wildman–Crippen LogP) is 0.685. The highest BCUT2D eigenvalue weighted by Gasteiger charge is 2.24. The van der Waals surface area contributed by atoms with Gasteiger partial charge in [-0.05, 0) is 12.5 Å². The summed E-state index contributed by atoms with van der Waals surface area (Å²) in [5.74, 6) is 0. The van der Waals surface area contributed by atoms with Gasteiger partial charge in [0.25, 0.3) is 0 Å². The summed E-state index contributed by atoms with van der Waals surface area (Å²) in [7, 11) is 0. The van der Waals surface area contributed by atoms with Gasteiger partial charge in [0.2, 0.25) is 0 Å². The average Bonchev–Trinajstić information content (AvgIpc) is 2.23. The quantitative estimate of drug-likeness (QED) is 0.729. The molecule has 2 rings (SSSR count). The topological polar surface area (TPSA) is 61.0 Å². The first-order valence-electron chi connectivity index (χ1n) is 4.63. The van der Waals surface area contributed by atoms with E-state index < -0.39 is 0 Å². The van der Waals surface area contributed by atoms with Gasteiger partial charge in [0.15, 0.2) is 5.16 Å². The van der Waals surface area contributed by atoms with Crippen LogP contribution in [0.3, 0.4) is 0 Å². The molecule has 0 aromatic carbocycles. The molecule has 0 amide bonds. The first kappa shape index (κ1) is 9.89. The third kappa shape index (κ3) is 2.43. The second kappa shape index (κ2) is 4.72. The van der Waals surface area contributed by atoms with Crippen LogP contribution in [0.1, 0.15) is 6.42 Å². The lowest BCUT2D eigenvalue weighted by atomic mass is 10.1. The smallest absolute Gasteiger partial charge is 0.187 e. The Kier molecular flexibility index (Phi) is 3.34. The number of ether oxygens (including phenoxy) is 1. The fourth-order valence-electron chi connectivity index (χ4n) is 1.33. The van der Waals surface area contributed by atoms with Crippen molar-refractivity contribution < 1.29 is 4.74 Å². The normalized spacial score (nSPS) is 27.5. The van der Waals surface area contributed by atoms with Crippen molar-refractivity contribution in [3.8, 4) is 0 Å². The lowest BCUT2D eigenvalue weighted by molar-refractivity contribution is 0.0915. The molecule has 1 fully saturated rings. The average molecular weight is 211 g/mol. The van der Waals surface area contributed by atoms with Gasteiger partial charge in [0, 0.05) is 25.0 Å². The van der Waals surface area contributed by atoms with E-state index in [1.54, 1.807) is 30.2 Å². The molecule has 14 heavy (non-hydrogen) atoms. The van der Waals surface area contributed by atoms with Gasteiger partial charge < -0.3 is 10.5 Å². The van der Waals surface area contributed by atoms with Crippen molar-refractivity contribution in [3.63, 3.8) is 0 Å². The Bertz CT molecular complexity index is 283. The number of rotatable bonds is 2. The first-order valence-corrected chi connectivity index (χ1v) is 5.51. The monoisotopic (exact) mass is 211 g/mol. The second-order valence-electron chi connectivity index (χ2n) is 3.22. The Morgan fingerprint density at radius 3 is 2.93 bits per heavy atom. The van der Waals surface area contributed by atoms with E-state index in [1.807, 2.05) is 0 Å². The van der Waals surface area contributed by atoms with Crippen LogP contribution in [-0.4, -0.2) is 34.5 Å². The van der Waals surface area contributed by atoms with E-state index in [1.165, 1.54) is 0 Å². The maximum atomic E-state index is 5.97. The van der Waals surface area contributed by atoms with E-state index >= 15 is 0 Å². The van der Waals surface area contributed by atoms with Gasteiger partial charge in [0.05, 0.1) is 11.9 Å². The highest BCUT2D eigenvalue weighted by Crippen LogP contribution is 2.24. The van der Waals surface area contributed by atoms with Crippen LogP contribution in [-0.2, 0) is 4.74 Å². The van der Waals surface area contributed by atoms with Gasteiger partial charge in [-0.1, -0.05) is 11.8 Å². The molecule has 2 unspecified atom stereocenters. The molecule has 76 valence electrons. The first-order chi connectivity index (χ1) is 6.86. The summed E-state index contributed by atoms with van der Waals surface area (Å²) in [5.41, 5.74) is 5.97. The summed E-state index contributed by atoms with van der Waals surface area (Å²) in [5, 5.41) is 1.06. The standard InChI is InChI=1S/C9H13N3OS/c10-7-2-5-13-6-8(7)14-9-11-3-1-4-12-9/h1,3-4,7-8H,2,5-6,10H2. The van der Waals surface area contributed by atoms with Crippen LogP contribution < -0.4 is 5.73 Å². The van der Waals surface area contributed by atoms with Crippen molar-refractivity contribution in [2.75, 3.05) is 13.2 Å². The van der Waals surface area contributed by atoms with Gasteiger partial charge in [-0.3, -0.25) is 0 Å². The van der Waals surface area contributed by atoms with Crippen LogP contribution in [0, 0.1) is 0 Å². The Labute approximate surface area is 87.3 Å². The van der Waals surface area contributed by atoms with Crippen molar-refractivity contribution in [1.29, 1.82) is 0 Å². The molecule has 5 heteroatoms. The summed E-state index contributed by atoms with van der Waals surface area (Å²) < 4.78 is 5.37. The predicted molar refractivity (Wildman–Crippen MR) is 55.1 cm³/mol. The molecule has 0 bridgehead atoms. The third-order valence-corrected chi connectivity index (χ3v) is 3.36. The van der Waals surface area contributed by atoms with E-state index in [0.717, 1.165) is 18.2 Å². The van der Waals surface area contributed by atoms with Gasteiger partial charge in [-0.15, -0.1) is 0 Å².